The Hall–Kier alpha value is -2.54. The molecule has 0 bridgehead atoms. The maximum absolute atomic E-state index is 12.6. The molecular formula is C17H12ClN3O4S2. The van der Waals surface area contributed by atoms with Crippen LogP contribution in [0.3, 0.4) is 0 Å². The molecule has 0 unspecified atom stereocenters. The quantitative estimate of drug-likeness (QED) is 0.794. The lowest BCUT2D eigenvalue weighted by atomic mass is 10.2. The number of carbonyl (C=O) groups excluding carboxylic acids is 2. The van der Waals surface area contributed by atoms with Gasteiger partial charge in [0.25, 0.3) is 15.3 Å². The van der Waals surface area contributed by atoms with Crippen LogP contribution in [0, 0.1) is 11.3 Å². The molecule has 1 aliphatic rings. The van der Waals surface area contributed by atoms with Crippen molar-refractivity contribution in [3.8, 4) is 6.07 Å². The predicted molar refractivity (Wildman–Crippen MR) is 102 cm³/mol. The van der Waals surface area contributed by atoms with Crippen molar-refractivity contribution < 1.29 is 18.0 Å². The minimum absolute atomic E-state index is 0.0212. The van der Waals surface area contributed by atoms with Crippen LogP contribution in [0.5, 0.6) is 0 Å². The molecule has 3 rings (SSSR count). The minimum atomic E-state index is -4.01. The van der Waals surface area contributed by atoms with Gasteiger partial charge in [0.05, 0.1) is 17.9 Å². The fourth-order valence-corrected chi connectivity index (χ4v) is 4.62. The number of hydrogen-bond donors (Lipinski definition) is 1. The molecule has 0 spiro atoms. The van der Waals surface area contributed by atoms with Crippen molar-refractivity contribution >= 4 is 50.2 Å². The smallest absolute Gasteiger partial charge is 0.280 e. The largest absolute Gasteiger partial charge is 0.289 e. The van der Waals surface area contributed by atoms with Crippen LogP contribution < -0.4 is 4.72 Å². The topological polar surface area (TPSA) is 107 Å². The van der Waals surface area contributed by atoms with Gasteiger partial charge in [0.1, 0.15) is 11.0 Å². The number of anilines is 1. The normalized spacial score (nSPS) is 14.3. The maximum atomic E-state index is 12.6. The summed E-state index contributed by atoms with van der Waals surface area (Å²) in [5, 5.41) is 9.01. The van der Waals surface area contributed by atoms with Gasteiger partial charge in [-0.25, -0.2) is 8.42 Å². The van der Waals surface area contributed by atoms with Crippen molar-refractivity contribution in [2.24, 2.45) is 0 Å². The lowest BCUT2D eigenvalue weighted by Gasteiger charge is -2.14. The molecule has 2 aromatic rings. The third kappa shape index (κ3) is 4.24. The maximum Gasteiger partial charge on any atom is 0.289 e. The molecule has 1 N–H and O–H groups in total. The van der Waals surface area contributed by atoms with Gasteiger partial charge in [0, 0.05) is 10.7 Å². The van der Waals surface area contributed by atoms with E-state index in [1.165, 1.54) is 30.3 Å². The van der Waals surface area contributed by atoms with E-state index in [1.54, 1.807) is 12.1 Å². The highest BCUT2D eigenvalue weighted by Crippen LogP contribution is 2.24. The molecule has 0 aliphatic carbocycles. The second kappa shape index (κ2) is 7.60. The van der Waals surface area contributed by atoms with Crippen molar-refractivity contribution in [1.29, 1.82) is 5.26 Å². The predicted octanol–water partition coefficient (Wildman–Crippen LogP) is 3.21. The number of rotatable bonds is 5. The SMILES string of the molecule is N#Cc1ccc(Cl)cc1S(=O)(=O)Nc1ccc(CN2C(=O)CSC2=O)cc1. The van der Waals surface area contributed by atoms with Crippen LogP contribution >= 0.6 is 23.4 Å². The number of nitrogens with zero attached hydrogens (tertiary/aromatic N) is 2. The molecule has 7 nitrogen and oxygen atoms in total. The third-order valence-electron chi connectivity index (χ3n) is 3.74. The highest BCUT2D eigenvalue weighted by atomic mass is 35.5. The Bertz CT molecular complexity index is 1050. The van der Waals surface area contributed by atoms with E-state index in [0.717, 1.165) is 16.7 Å². The number of carbonyl (C=O) groups is 2. The Morgan fingerprint density at radius 1 is 1.19 bits per heavy atom. The first-order chi connectivity index (χ1) is 12.8. The Labute approximate surface area is 165 Å². The van der Waals surface area contributed by atoms with Gasteiger partial charge in [-0.2, -0.15) is 5.26 Å². The van der Waals surface area contributed by atoms with Gasteiger partial charge in [-0.15, -0.1) is 0 Å². The summed E-state index contributed by atoms with van der Waals surface area (Å²) in [6.07, 6.45) is 0. The van der Waals surface area contributed by atoms with Gasteiger partial charge in [-0.3, -0.25) is 19.2 Å². The van der Waals surface area contributed by atoms with Crippen LogP contribution in [0.4, 0.5) is 10.5 Å². The molecular weight excluding hydrogens is 410 g/mol. The van der Waals surface area contributed by atoms with Crippen LogP contribution in [0.25, 0.3) is 0 Å². The molecule has 27 heavy (non-hydrogen) atoms. The molecule has 0 saturated carbocycles. The summed E-state index contributed by atoms with van der Waals surface area (Å²) >= 11 is 6.80. The van der Waals surface area contributed by atoms with Gasteiger partial charge < -0.3 is 0 Å². The number of benzene rings is 2. The molecule has 2 amide bonds. The highest BCUT2D eigenvalue weighted by molar-refractivity contribution is 8.14. The standard InChI is InChI=1S/C17H12ClN3O4S2/c18-13-4-3-12(8-19)15(7-13)27(24,25)20-14-5-1-11(2-6-14)9-21-16(22)10-26-17(21)23/h1-7,20H,9-10H2. The molecule has 138 valence electrons. The van der Waals surface area contributed by atoms with E-state index < -0.39 is 10.0 Å². The van der Waals surface area contributed by atoms with E-state index in [1.807, 2.05) is 6.07 Å². The number of imide groups is 1. The van der Waals surface area contributed by atoms with E-state index in [0.29, 0.717) is 5.56 Å². The number of thioether (sulfide) groups is 1. The van der Waals surface area contributed by atoms with E-state index in [4.69, 9.17) is 16.9 Å². The van der Waals surface area contributed by atoms with Gasteiger partial charge in [-0.05, 0) is 35.9 Å². The van der Waals surface area contributed by atoms with Crippen LogP contribution in [0.2, 0.25) is 5.02 Å². The zero-order valence-corrected chi connectivity index (χ0v) is 16.1. The van der Waals surface area contributed by atoms with Gasteiger partial charge in [0.15, 0.2) is 0 Å². The summed E-state index contributed by atoms with van der Waals surface area (Å²) in [6, 6.07) is 12.1. The van der Waals surface area contributed by atoms with Gasteiger partial charge >= 0.3 is 0 Å². The summed E-state index contributed by atoms with van der Waals surface area (Å²) in [5.74, 6) is -0.114. The average molecular weight is 422 g/mol. The second-order valence-corrected chi connectivity index (χ2v) is 8.60. The molecule has 1 fully saturated rings. The van der Waals surface area contributed by atoms with Crippen molar-refractivity contribution in [2.45, 2.75) is 11.4 Å². The van der Waals surface area contributed by atoms with Crippen LogP contribution in [0.1, 0.15) is 11.1 Å². The third-order valence-corrected chi connectivity index (χ3v) is 6.26. The number of amides is 2. The molecule has 0 radical (unpaired) electrons. The van der Waals surface area contributed by atoms with E-state index in [-0.39, 0.29) is 44.6 Å². The highest BCUT2D eigenvalue weighted by Gasteiger charge is 2.29. The van der Waals surface area contributed by atoms with Gasteiger partial charge in [0.2, 0.25) is 5.91 Å². The molecule has 1 heterocycles. The van der Waals surface area contributed by atoms with Crippen molar-refractivity contribution in [3.05, 3.63) is 58.6 Å². The first-order valence-corrected chi connectivity index (χ1v) is 10.4. The Balaban J connectivity index is 1.78. The summed E-state index contributed by atoms with van der Waals surface area (Å²) in [5.41, 5.74) is 0.936. The Morgan fingerprint density at radius 2 is 1.89 bits per heavy atom. The zero-order chi connectivity index (χ0) is 19.6. The first-order valence-electron chi connectivity index (χ1n) is 7.59. The van der Waals surface area contributed by atoms with E-state index in [2.05, 4.69) is 4.72 Å². The van der Waals surface area contributed by atoms with Crippen LogP contribution in [-0.4, -0.2) is 30.2 Å². The Kier molecular flexibility index (Phi) is 5.41. The molecule has 0 aromatic heterocycles. The summed E-state index contributed by atoms with van der Waals surface area (Å²) < 4.78 is 27.5. The Morgan fingerprint density at radius 3 is 2.48 bits per heavy atom. The number of hydrogen-bond acceptors (Lipinski definition) is 6. The summed E-state index contributed by atoms with van der Waals surface area (Å²) in [6.45, 7) is 0.130. The molecule has 10 heteroatoms. The number of nitriles is 1. The van der Waals surface area contributed by atoms with Crippen molar-refractivity contribution in [1.82, 2.24) is 4.90 Å². The number of nitrogens with one attached hydrogen (secondary N) is 1. The van der Waals surface area contributed by atoms with Crippen molar-refractivity contribution in [3.63, 3.8) is 0 Å². The lowest BCUT2D eigenvalue weighted by molar-refractivity contribution is -0.125. The fraction of sp³-hybridized carbons (Fsp3) is 0.118. The summed E-state index contributed by atoms with van der Waals surface area (Å²) in [4.78, 5) is 24.2. The summed E-state index contributed by atoms with van der Waals surface area (Å²) in [7, 11) is -4.01. The van der Waals surface area contributed by atoms with Crippen LogP contribution in [-0.2, 0) is 21.4 Å². The molecule has 1 saturated heterocycles. The van der Waals surface area contributed by atoms with Crippen molar-refractivity contribution in [2.75, 3.05) is 10.5 Å². The molecule has 1 aliphatic heterocycles. The molecule has 0 atom stereocenters. The minimum Gasteiger partial charge on any atom is -0.280 e. The second-order valence-electron chi connectivity index (χ2n) is 5.59. The number of sulfonamides is 1. The van der Waals surface area contributed by atoms with E-state index >= 15 is 0 Å². The fourth-order valence-electron chi connectivity index (χ4n) is 2.42. The van der Waals surface area contributed by atoms with Crippen LogP contribution in [0.15, 0.2) is 47.4 Å². The molecule has 2 aromatic carbocycles. The zero-order valence-electron chi connectivity index (χ0n) is 13.7. The lowest BCUT2D eigenvalue weighted by Crippen LogP contribution is -2.27. The average Bonchev–Trinajstić information content (AvgIpc) is 2.95. The monoisotopic (exact) mass is 421 g/mol. The first kappa shape index (κ1) is 19.2. The van der Waals surface area contributed by atoms with E-state index in [9.17, 15) is 18.0 Å². The van der Waals surface area contributed by atoms with Gasteiger partial charge in [-0.1, -0.05) is 35.5 Å². The number of halogens is 1.